The molecule has 0 aliphatic carbocycles. The number of benzene rings is 1. The molecule has 2 unspecified atom stereocenters. The number of nitrogens with one attached hydrogen (secondary N) is 1. The van der Waals surface area contributed by atoms with E-state index in [9.17, 15) is 0 Å². The zero-order chi connectivity index (χ0) is 12.7. The van der Waals surface area contributed by atoms with Gasteiger partial charge in [-0.25, -0.2) is 0 Å². The Balaban J connectivity index is 2.54. The first kappa shape index (κ1) is 14.0. The Morgan fingerprint density at radius 2 is 1.94 bits per heavy atom. The quantitative estimate of drug-likeness (QED) is 0.565. The largest absolute Gasteiger partial charge is 0.497 e. The van der Waals surface area contributed by atoms with Crippen LogP contribution in [0.3, 0.4) is 0 Å². The van der Waals surface area contributed by atoms with Crippen LogP contribution in [0.4, 0.5) is 0 Å². The van der Waals surface area contributed by atoms with E-state index in [2.05, 4.69) is 31.4 Å². The van der Waals surface area contributed by atoms with Gasteiger partial charge in [0.25, 0.3) is 0 Å². The fourth-order valence-electron chi connectivity index (χ4n) is 1.91. The van der Waals surface area contributed by atoms with Crippen LogP contribution in [0.5, 0.6) is 5.75 Å². The summed E-state index contributed by atoms with van der Waals surface area (Å²) in [5, 5.41) is 0. The molecule has 0 heterocycles. The van der Waals surface area contributed by atoms with E-state index >= 15 is 0 Å². The fourth-order valence-corrected chi connectivity index (χ4v) is 1.91. The lowest BCUT2D eigenvalue weighted by Gasteiger charge is -2.19. The highest BCUT2D eigenvalue weighted by Gasteiger charge is 2.11. The van der Waals surface area contributed by atoms with Crippen LogP contribution in [-0.4, -0.2) is 13.2 Å². The molecule has 0 amide bonds. The first-order chi connectivity index (χ1) is 8.19. The van der Waals surface area contributed by atoms with E-state index in [0.717, 1.165) is 18.6 Å². The van der Waals surface area contributed by atoms with Gasteiger partial charge < -0.3 is 4.74 Å². The third-order valence-corrected chi connectivity index (χ3v) is 3.26. The summed E-state index contributed by atoms with van der Waals surface area (Å²) in [6.45, 7) is 4.48. The van der Waals surface area contributed by atoms with Gasteiger partial charge in [-0.1, -0.05) is 32.4 Å². The third kappa shape index (κ3) is 4.75. The number of methoxy groups -OCH3 is 1. The fraction of sp³-hybridized carbons (Fsp3) is 0.571. The van der Waals surface area contributed by atoms with Gasteiger partial charge in [0.2, 0.25) is 0 Å². The van der Waals surface area contributed by atoms with E-state index < -0.39 is 0 Å². The van der Waals surface area contributed by atoms with Crippen LogP contribution >= 0.6 is 0 Å². The lowest BCUT2D eigenvalue weighted by Crippen LogP contribution is -2.37. The Bertz CT molecular complexity index is 311. The zero-order valence-electron chi connectivity index (χ0n) is 11.1. The van der Waals surface area contributed by atoms with Crippen LogP contribution in [0.2, 0.25) is 0 Å². The van der Waals surface area contributed by atoms with E-state index in [1.807, 2.05) is 12.1 Å². The molecule has 0 aliphatic heterocycles. The smallest absolute Gasteiger partial charge is 0.118 e. The van der Waals surface area contributed by atoms with Crippen molar-refractivity contribution in [3.63, 3.8) is 0 Å². The molecule has 0 spiro atoms. The van der Waals surface area contributed by atoms with Crippen LogP contribution < -0.4 is 16.0 Å². The van der Waals surface area contributed by atoms with Crippen LogP contribution in [-0.2, 0) is 6.42 Å². The summed E-state index contributed by atoms with van der Waals surface area (Å²) in [5.41, 5.74) is 4.20. The highest BCUT2D eigenvalue weighted by molar-refractivity contribution is 5.27. The lowest BCUT2D eigenvalue weighted by atomic mass is 9.95. The molecule has 1 aromatic rings. The molecule has 2 atom stereocenters. The number of nitrogens with two attached hydrogens (primary N) is 1. The maximum absolute atomic E-state index is 5.60. The summed E-state index contributed by atoms with van der Waals surface area (Å²) in [6, 6.07) is 8.52. The van der Waals surface area contributed by atoms with Gasteiger partial charge in [-0.2, -0.15) is 0 Å². The molecule has 1 aromatic carbocycles. The van der Waals surface area contributed by atoms with Crippen molar-refractivity contribution in [1.29, 1.82) is 0 Å². The second-order valence-electron chi connectivity index (χ2n) is 4.66. The Morgan fingerprint density at radius 3 is 2.41 bits per heavy atom. The van der Waals surface area contributed by atoms with E-state index in [1.165, 1.54) is 12.0 Å². The Labute approximate surface area is 104 Å². The summed E-state index contributed by atoms with van der Waals surface area (Å²) in [7, 11) is 1.68. The predicted octanol–water partition coefficient (Wildman–Crippen LogP) is 2.51. The summed E-state index contributed by atoms with van der Waals surface area (Å²) in [6.07, 6.45) is 3.27. The van der Waals surface area contributed by atoms with Gasteiger partial charge >= 0.3 is 0 Å². The normalized spacial score (nSPS) is 14.4. The molecule has 0 aliphatic rings. The maximum atomic E-state index is 5.60. The highest BCUT2D eigenvalue weighted by Crippen LogP contribution is 2.16. The monoisotopic (exact) mass is 236 g/mol. The number of hydrogen-bond acceptors (Lipinski definition) is 3. The maximum Gasteiger partial charge on any atom is 0.118 e. The predicted molar refractivity (Wildman–Crippen MR) is 71.9 cm³/mol. The van der Waals surface area contributed by atoms with Crippen LogP contribution in [0, 0.1) is 5.92 Å². The van der Waals surface area contributed by atoms with Crippen molar-refractivity contribution < 1.29 is 4.74 Å². The molecule has 0 aromatic heterocycles. The van der Waals surface area contributed by atoms with E-state index in [-0.39, 0.29) is 0 Å². The van der Waals surface area contributed by atoms with Crippen molar-refractivity contribution in [2.45, 2.75) is 39.2 Å². The second kappa shape index (κ2) is 7.30. The van der Waals surface area contributed by atoms with E-state index in [0.29, 0.717) is 12.0 Å². The molecule has 3 N–H and O–H groups in total. The molecule has 0 bridgehead atoms. The molecule has 96 valence electrons. The van der Waals surface area contributed by atoms with Gasteiger partial charge in [0.15, 0.2) is 0 Å². The molecule has 3 heteroatoms. The molecule has 1 rings (SSSR count). The third-order valence-electron chi connectivity index (χ3n) is 3.26. The van der Waals surface area contributed by atoms with Crippen molar-refractivity contribution in [1.82, 2.24) is 5.43 Å². The van der Waals surface area contributed by atoms with Crippen molar-refractivity contribution in [3.8, 4) is 5.75 Å². The summed E-state index contributed by atoms with van der Waals surface area (Å²) < 4.78 is 5.14. The van der Waals surface area contributed by atoms with Gasteiger partial charge in [0.1, 0.15) is 5.75 Å². The Kier molecular flexibility index (Phi) is 6.01. The van der Waals surface area contributed by atoms with Crippen molar-refractivity contribution in [2.24, 2.45) is 11.8 Å². The van der Waals surface area contributed by atoms with Crippen LogP contribution in [0.1, 0.15) is 32.3 Å². The molecular weight excluding hydrogens is 212 g/mol. The minimum atomic E-state index is 0.346. The molecule has 0 radical (unpaired) electrons. The molecule has 0 saturated heterocycles. The van der Waals surface area contributed by atoms with Gasteiger partial charge in [-0.05, 0) is 36.5 Å². The topological polar surface area (TPSA) is 47.3 Å². The first-order valence-corrected chi connectivity index (χ1v) is 6.28. The summed E-state index contributed by atoms with van der Waals surface area (Å²) in [5.74, 6) is 7.20. The summed E-state index contributed by atoms with van der Waals surface area (Å²) in [4.78, 5) is 0. The standard InChI is InChI=1S/C14H24N2O/c1-4-11(2)9-13(16-15)10-12-5-7-14(17-3)8-6-12/h5-8,11,13,16H,4,9-10,15H2,1-3H3. The average Bonchev–Trinajstić information content (AvgIpc) is 2.38. The number of ether oxygens (including phenoxy) is 1. The zero-order valence-corrected chi connectivity index (χ0v) is 11.1. The van der Waals surface area contributed by atoms with Gasteiger partial charge in [0.05, 0.1) is 7.11 Å². The van der Waals surface area contributed by atoms with E-state index in [4.69, 9.17) is 10.6 Å². The molecular formula is C14H24N2O. The first-order valence-electron chi connectivity index (χ1n) is 6.28. The Hall–Kier alpha value is -1.06. The van der Waals surface area contributed by atoms with Gasteiger partial charge in [-0.3, -0.25) is 11.3 Å². The molecule has 3 nitrogen and oxygen atoms in total. The SMILES string of the molecule is CCC(C)CC(Cc1ccc(OC)cc1)NN. The average molecular weight is 236 g/mol. The lowest BCUT2D eigenvalue weighted by molar-refractivity contribution is 0.395. The number of rotatable bonds is 7. The molecule has 0 fully saturated rings. The van der Waals surface area contributed by atoms with Gasteiger partial charge in [0, 0.05) is 6.04 Å². The number of hydrogen-bond donors (Lipinski definition) is 2. The minimum absolute atomic E-state index is 0.346. The molecule has 17 heavy (non-hydrogen) atoms. The van der Waals surface area contributed by atoms with Crippen LogP contribution in [0.15, 0.2) is 24.3 Å². The number of hydrazine groups is 1. The van der Waals surface area contributed by atoms with Gasteiger partial charge in [-0.15, -0.1) is 0 Å². The van der Waals surface area contributed by atoms with Crippen molar-refractivity contribution in [3.05, 3.63) is 29.8 Å². The highest BCUT2D eigenvalue weighted by atomic mass is 16.5. The second-order valence-corrected chi connectivity index (χ2v) is 4.66. The van der Waals surface area contributed by atoms with E-state index in [1.54, 1.807) is 7.11 Å². The Morgan fingerprint density at radius 1 is 1.29 bits per heavy atom. The van der Waals surface area contributed by atoms with Crippen LogP contribution in [0.25, 0.3) is 0 Å². The minimum Gasteiger partial charge on any atom is -0.497 e. The van der Waals surface area contributed by atoms with Crippen molar-refractivity contribution >= 4 is 0 Å². The summed E-state index contributed by atoms with van der Waals surface area (Å²) >= 11 is 0. The van der Waals surface area contributed by atoms with Crippen molar-refractivity contribution in [2.75, 3.05) is 7.11 Å². The molecule has 0 saturated carbocycles.